The molecule has 1 saturated carbocycles. The number of carbonyl (C=O) groups excluding carboxylic acids is 1. The van der Waals surface area contributed by atoms with E-state index in [9.17, 15) is 4.79 Å². The minimum absolute atomic E-state index is 0.196. The van der Waals surface area contributed by atoms with Gasteiger partial charge >= 0.3 is 0 Å². The molecule has 58 valence electrons. The molecule has 2 aliphatic carbocycles. The molecule has 0 aromatic carbocycles. The van der Waals surface area contributed by atoms with Crippen LogP contribution in [0.15, 0.2) is 23.8 Å². The molecule has 0 radical (unpaired) electrons. The van der Waals surface area contributed by atoms with Crippen LogP contribution in [0.1, 0.15) is 19.8 Å². The predicted molar refractivity (Wildman–Crippen MR) is 44.1 cm³/mol. The van der Waals surface area contributed by atoms with E-state index in [0.717, 1.165) is 18.4 Å². The first-order chi connectivity index (χ1) is 5.20. The summed E-state index contributed by atoms with van der Waals surface area (Å²) >= 11 is 0. The third kappa shape index (κ3) is 0.802. The van der Waals surface area contributed by atoms with Crippen LogP contribution < -0.4 is 0 Å². The lowest BCUT2D eigenvalue weighted by molar-refractivity contribution is -0.116. The normalized spacial score (nSPS) is 35.9. The molecule has 0 spiro atoms. The van der Waals surface area contributed by atoms with Crippen LogP contribution in [0.25, 0.3) is 0 Å². The molecule has 0 aromatic rings. The van der Waals surface area contributed by atoms with Crippen molar-refractivity contribution in [3.8, 4) is 0 Å². The lowest BCUT2D eigenvalue weighted by atomic mass is 9.89. The van der Waals surface area contributed by atoms with E-state index in [0.29, 0.717) is 11.7 Å². The van der Waals surface area contributed by atoms with E-state index < -0.39 is 0 Å². The third-order valence-electron chi connectivity index (χ3n) is 2.92. The summed E-state index contributed by atoms with van der Waals surface area (Å²) in [6.07, 6.45) is 4.25. The molecule has 1 heteroatoms. The van der Waals surface area contributed by atoms with Crippen molar-refractivity contribution < 1.29 is 4.79 Å². The summed E-state index contributed by atoms with van der Waals surface area (Å²) in [5.41, 5.74) is 2.12. The smallest absolute Gasteiger partial charge is 0.165 e. The van der Waals surface area contributed by atoms with Crippen molar-refractivity contribution in [2.45, 2.75) is 19.8 Å². The standard InChI is InChI=1S/C10H12O/c1-6-3-4-8-5-9(6)10(11)7(8)2/h3,8-9H,2,4-5H2,1H3/t8-,9-/m0/s1. The first kappa shape index (κ1) is 6.84. The number of hydrogen-bond acceptors (Lipinski definition) is 1. The molecule has 11 heavy (non-hydrogen) atoms. The van der Waals surface area contributed by atoms with Crippen LogP contribution in [0.2, 0.25) is 0 Å². The monoisotopic (exact) mass is 148 g/mol. The Kier molecular flexibility index (Phi) is 1.28. The van der Waals surface area contributed by atoms with Crippen molar-refractivity contribution in [1.82, 2.24) is 0 Å². The van der Waals surface area contributed by atoms with E-state index in [1.54, 1.807) is 0 Å². The van der Waals surface area contributed by atoms with Gasteiger partial charge in [0.15, 0.2) is 5.78 Å². The fourth-order valence-corrected chi connectivity index (χ4v) is 2.06. The summed E-state index contributed by atoms with van der Waals surface area (Å²) in [5, 5.41) is 0. The minimum atomic E-state index is 0.196. The van der Waals surface area contributed by atoms with Gasteiger partial charge in [-0.25, -0.2) is 0 Å². The first-order valence-electron chi connectivity index (χ1n) is 4.10. The summed E-state index contributed by atoms with van der Waals surface area (Å²) in [7, 11) is 0. The zero-order valence-corrected chi connectivity index (χ0v) is 6.76. The Hall–Kier alpha value is -0.850. The highest BCUT2D eigenvalue weighted by molar-refractivity contribution is 6.01. The van der Waals surface area contributed by atoms with Gasteiger partial charge in [-0.2, -0.15) is 0 Å². The van der Waals surface area contributed by atoms with E-state index >= 15 is 0 Å². The molecule has 0 unspecified atom stereocenters. The van der Waals surface area contributed by atoms with E-state index in [1.807, 2.05) is 0 Å². The van der Waals surface area contributed by atoms with Crippen LogP contribution in [-0.2, 0) is 4.79 Å². The zero-order valence-electron chi connectivity index (χ0n) is 6.76. The Morgan fingerprint density at radius 3 is 3.00 bits per heavy atom. The molecule has 0 N–H and O–H groups in total. The summed E-state index contributed by atoms with van der Waals surface area (Å²) in [4.78, 5) is 11.5. The van der Waals surface area contributed by atoms with Gasteiger partial charge in [-0.05, 0) is 31.3 Å². The molecule has 1 nitrogen and oxygen atoms in total. The van der Waals surface area contributed by atoms with Crippen molar-refractivity contribution >= 4 is 5.78 Å². The van der Waals surface area contributed by atoms with Gasteiger partial charge in [-0.1, -0.05) is 18.2 Å². The molecular weight excluding hydrogens is 136 g/mol. The fourth-order valence-electron chi connectivity index (χ4n) is 2.06. The number of rotatable bonds is 0. The number of fused-ring (bicyclic) bond motifs is 2. The average molecular weight is 148 g/mol. The lowest BCUT2D eigenvalue weighted by Crippen LogP contribution is -2.08. The highest BCUT2D eigenvalue weighted by Crippen LogP contribution is 2.41. The van der Waals surface area contributed by atoms with E-state index in [-0.39, 0.29) is 5.92 Å². The SMILES string of the molecule is C=C1C(=O)[C@H]2C[C@@H]1CC=C2C. The van der Waals surface area contributed by atoms with Gasteiger partial charge in [0.25, 0.3) is 0 Å². The zero-order chi connectivity index (χ0) is 8.01. The Bertz CT molecular complexity index is 260. The van der Waals surface area contributed by atoms with Crippen LogP contribution in [0.3, 0.4) is 0 Å². The van der Waals surface area contributed by atoms with Crippen molar-refractivity contribution in [1.29, 1.82) is 0 Å². The van der Waals surface area contributed by atoms with Crippen molar-refractivity contribution in [3.05, 3.63) is 23.8 Å². The van der Waals surface area contributed by atoms with Gasteiger partial charge in [-0.3, -0.25) is 4.79 Å². The fraction of sp³-hybridized carbons (Fsp3) is 0.500. The second kappa shape index (κ2) is 2.07. The molecule has 1 fully saturated rings. The lowest BCUT2D eigenvalue weighted by Gasteiger charge is -2.14. The molecule has 0 aromatic heterocycles. The Balaban J connectivity index is 2.40. The number of carbonyl (C=O) groups is 1. The van der Waals surface area contributed by atoms with Gasteiger partial charge < -0.3 is 0 Å². The molecule has 2 bridgehead atoms. The van der Waals surface area contributed by atoms with Crippen LogP contribution >= 0.6 is 0 Å². The Labute approximate surface area is 66.8 Å². The molecule has 2 aliphatic rings. The molecule has 2 atom stereocenters. The second-order valence-electron chi connectivity index (χ2n) is 3.56. The van der Waals surface area contributed by atoms with Gasteiger partial charge in [-0.15, -0.1) is 0 Å². The molecule has 0 aliphatic heterocycles. The van der Waals surface area contributed by atoms with Gasteiger partial charge in [0.2, 0.25) is 0 Å². The molecule has 0 heterocycles. The third-order valence-corrected chi connectivity index (χ3v) is 2.92. The van der Waals surface area contributed by atoms with E-state index in [4.69, 9.17) is 0 Å². The summed E-state index contributed by atoms with van der Waals surface area (Å²) < 4.78 is 0. The minimum Gasteiger partial charge on any atom is -0.294 e. The number of ketones is 1. The van der Waals surface area contributed by atoms with Crippen molar-refractivity contribution in [2.75, 3.05) is 0 Å². The number of hydrogen-bond donors (Lipinski definition) is 0. The van der Waals surface area contributed by atoms with Crippen molar-refractivity contribution in [3.63, 3.8) is 0 Å². The predicted octanol–water partition coefficient (Wildman–Crippen LogP) is 2.10. The molecule has 0 saturated heterocycles. The average Bonchev–Trinajstić information content (AvgIpc) is 2.24. The van der Waals surface area contributed by atoms with E-state index in [1.165, 1.54) is 5.57 Å². The number of allylic oxidation sites excluding steroid dienone is 3. The largest absolute Gasteiger partial charge is 0.294 e. The Morgan fingerprint density at radius 2 is 2.36 bits per heavy atom. The second-order valence-corrected chi connectivity index (χ2v) is 3.56. The quantitative estimate of drug-likeness (QED) is 0.380. The first-order valence-corrected chi connectivity index (χ1v) is 4.10. The number of Topliss-reactive ketones (excluding diaryl/α,β-unsaturated/α-hetero) is 1. The maximum atomic E-state index is 11.5. The van der Waals surface area contributed by atoms with E-state index in [2.05, 4.69) is 19.6 Å². The van der Waals surface area contributed by atoms with Gasteiger partial charge in [0.05, 0.1) is 0 Å². The maximum absolute atomic E-state index is 11.5. The van der Waals surface area contributed by atoms with Crippen LogP contribution in [0, 0.1) is 11.8 Å². The van der Waals surface area contributed by atoms with Gasteiger partial charge in [0.1, 0.15) is 0 Å². The topological polar surface area (TPSA) is 17.1 Å². The maximum Gasteiger partial charge on any atom is 0.165 e. The van der Waals surface area contributed by atoms with Crippen LogP contribution in [0.4, 0.5) is 0 Å². The summed E-state index contributed by atoms with van der Waals surface area (Å²) in [6.45, 7) is 5.88. The Morgan fingerprint density at radius 1 is 1.64 bits per heavy atom. The molecule has 0 amide bonds. The van der Waals surface area contributed by atoms with Crippen LogP contribution in [0.5, 0.6) is 0 Å². The van der Waals surface area contributed by atoms with Crippen LogP contribution in [-0.4, -0.2) is 5.78 Å². The molecule has 2 rings (SSSR count). The van der Waals surface area contributed by atoms with Crippen molar-refractivity contribution in [2.24, 2.45) is 11.8 Å². The highest BCUT2D eigenvalue weighted by Gasteiger charge is 2.38. The van der Waals surface area contributed by atoms with Gasteiger partial charge in [0, 0.05) is 5.92 Å². The summed E-state index contributed by atoms with van der Waals surface area (Å²) in [5.74, 6) is 0.957. The highest BCUT2D eigenvalue weighted by atomic mass is 16.1. The molecular formula is C10H12O. The summed E-state index contributed by atoms with van der Waals surface area (Å²) in [6, 6.07) is 0.